The van der Waals surface area contributed by atoms with Crippen molar-refractivity contribution in [3.8, 4) is 0 Å². The highest BCUT2D eigenvalue weighted by Gasteiger charge is 2.00. The molecule has 0 spiro atoms. The maximum atomic E-state index is 8.88. The van der Waals surface area contributed by atoms with Gasteiger partial charge in [0.15, 0.2) is 0 Å². The number of aliphatic hydroxyl groups excluding tert-OH is 1. The monoisotopic (exact) mass is 419 g/mol. The SMILES string of the molecule is CCCCCCCCCCCCCCCCCCO.N.N.N.O=P(O)(O)O. The second kappa shape index (κ2) is 30.7. The maximum absolute atomic E-state index is 8.88. The van der Waals surface area contributed by atoms with Gasteiger partial charge in [0.05, 0.1) is 0 Å². The van der Waals surface area contributed by atoms with Gasteiger partial charge >= 0.3 is 7.82 Å². The van der Waals surface area contributed by atoms with Crippen molar-refractivity contribution in [2.24, 2.45) is 0 Å². The fourth-order valence-corrected chi connectivity index (χ4v) is 2.66. The predicted molar refractivity (Wildman–Crippen MR) is 116 cm³/mol. The quantitative estimate of drug-likeness (QED) is 0.120. The smallest absolute Gasteiger partial charge is 0.396 e. The van der Waals surface area contributed by atoms with Crippen LogP contribution in [0, 0.1) is 0 Å². The molecule has 0 heterocycles. The summed E-state index contributed by atoms with van der Waals surface area (Å²) in [5, 5.41) is 8.67. The predicted octanol–water partition coefficient (Wildman–Crippen LogP) is 5.80. The molecular weight excluding hydrogens is 369 g/mol. The molecule has 8 nitrogen and oxygen atoms in total. The van der Waals surface area contributed by atoms with E-state index in [1.807, 2.05) is 0 Å². The summed E-state index contributed by atoms with van der Waals surface area (Å²) in [6.45, 7) is 2.66. The minimum Gasteiger partial charge on any atom is -0.396 e. The summed E-state index contributed by atoms with van der Waals surface area (Å²) in [4.78, 5) is 21.6. The zero-order chi connectivity index (χ0) is 18.5. The maximum Gasteiger partial charge on any atom is 0.466 e. The molecule has 27 heavy (non-hydrogen) atoms. The van der Waals surface area contributed by atoms with Crippen LogP contribution in [0.4, 0.5) is 0 Å². The Morgan fingerprint density at radius 3 is 0.889 bits per heavy atom. The number of phosphoric acid groups is 1. The van der Waals surface area contributed by atoms with Crippen LogP contribution < -0.4 is 18.5 Å². The summed E-state index contributed by atoms with van der Waals surface area (Å²) in [5.41, 5.74) is 0. The third-order valence-electron chi connectivity index (χ3n) is 4.01. The summed E-state index contributed by atoms with van der Waals surface area (Å²) in [5.74, 6) is 0. The van der Waals surface area contributed by atoms with Gasteiger partial charge in [-0.3, -0.25) is 0 Å². The van der Waals surface area contributed by atoms with Gasteiger partial charge in [-0.25, -0.2) is 4.57 Å². The molecule has 172 valence electrons. The van der Waals surface area contributed by atoms with Gasteiger partial charge in [0.1, 0.15) is 0 Å². The lowest BCUT2D eigenvalue weighted by Crippen LogP contribution is -1.85. The van der Waals surface area contributed by atoms with E-state index in [2.05, 4.69) is 6.92 Å². The Labute approximate surface area is 167 Å². The zero-order valence-corrected chi connectivity index (χ0v) is 18.7. The first kappa shape index (κ1) is 37.7. The van der Waals surface area contributed by atoms with Crippen molar-refractivity contribution in [1.82, 2.24) is 18.5 Å². The Hall–Kier alpha value is -0.0500. The molecule has 13 N–H and O–H groups in total. The van der Waals surface area contributed by atoms with Crippen LogP contribution in [-0.4, -0.2) is 26.4 Å². The van der Waals surface area contributed by atoms with E-state index in [-0.39, 0.29) is 18.5 Å². The van der Waals surface area contributed by atoms with Crippen molar-refractivity contribution in [3.63, 3.8) is 0 Å². The molecule has 0 saturated carbocycles. The highest BCUT2D eigenvalue weighted by atomic mass is 31.2. The number of aliphatic hydroxyl groups is 1. The topological polar surface area (TPSA) is 203 Å². The summed E-state index contributed by atoms with van der Waals surface area (Å²) < 4.78 is 8.88. The lowest BCUT2D eigenvalue weighted by molar-refractivity contribution is 0.275. The molecule has 0 aliphatic heterocycles. The molecule has 0 amide bonds. The van der Waals surface area contributed by atoms with E-state index in [9.17, 15) is 0 Å². The average Bonchev–Trinajstić information content (AvgIpc) is 2.49. The van der Waals surface area contributed by atoms with Gasteiger partial charge in [0, 0.05) is 6.61 Å². The van der Waals surface area contributed by atoms with Gasteiger partial charge in [-0.15, -0.1) is 0 Å². The Morgan fingerprint density at radius 1 is 0.519 bits per heavy atom. The molecule has 0 bridgehead atoms. The van der Waals surface area contributed by atoms with Crippen molar-refractivity contribution < 1.29 is 24.4 Å². The molecule has 0 saturated heterocycles. The van der Waals surface area contributed by atoms with E-state index in [0.717, 1.165) is 6.42 Å². The lowest BCUT2D eigenvalue weighted by atomic mass is 10.0. The first-order valence-corrected chi connectivity index (χ1v) is 11.4. The van der Waals surface area contributed by atoms with Crippen LogP contribution in [0.15, 0.2) is 0 Å². The van der Waals surface area contributed by atoms with Gasteiger partial charge in [0.25, 0.3) is 0 Å². The van der Waals surface area contributed by atoms with Crippen LogP contribution in [0.5, 0.6) is 0 Å². The summed E-state index contributed by atoms with van der Waals surface area (Å²) in [7, 11) is -4.64. The molecule has 0 rings (SSSR count). The molecule has 0 aromatic rings. The first-order chi connectivity index (χ1) is 11.4. The van der Waals surface area contributed by atoms with Crippen molar-refractivity contribution in [3.05, 3.63) is 0 Å². The molecule has 0 atom stereocenters. The van der Waals surface area contributed by atoms with E-state index in [1.54, 1.807) is 0 Å². The Bertz CT molecular complexity index is 257. The van der Waals surface area contributed by atoms with Crippen molar-refractivity contribution in [2.45, 2.75) is 110 Å². The van der Waals surface area contributed by atoms with Gasteiger partial charge < -0.3 is 38.2 Å². The molecule has 0 aromatic heterocycles. The number of hydrogen-bond donors (Lipinski definition) is 7. The highest BCUT2D eigenvalue weighted by molar-refractivity contribution is 7.45. The molecule has 0 radical (unpaired) electrons. The zero-order valence-electron chi connectivity index (χ0n) is 17.8. The standard InChI is InChI=1S/C18H38O.3H3N.H3O4P/c1-2-3-4-5-6-7-8-9-10-11-12-13-14-15-16-17-18-19;;;;1-5(2,3)4/h19H,2-18H2,1H3;3*1H3;(H3,1,2,3,4). The molecule has 0 unspecified atom stereocenters. The van der Waals surface area contributed by atoms with Crippen LogP contribution in [0.1, 0.15) is 110 Å². The van der Waals surface area contributed by atoms with Crippen LogP contribution in [0.3, 0.4) is 0 Å². The van der Waals surface area contributed by atoms with E-state index in [1.165, 1.54) is 96.3 Å². The van der Waals surface area contributed by atoms with E-state index < -0.39 is 7.82 Å². The van der Waals surface area contributed by atoms with Crippen molar-refractivity contribution in [2.75, 3.05) is 6.61 Å². The molecule has 9 heteroatoms. The van der Waals surface area contributed by atoms with Gasteiger partial charge in [-0.1, -0.05) is 103 Å². The lowest BCUT2D eigenvalue weighted by Gasteiger charge is -2.03. The summed E-state index contributed by atoms with van der Waals surface area (Å²) >= 11 is 0. The molecule has 0 aliphatic rings. The van der Waals surface area contributed by atoms with Crippen LogP contribution >= 0.6 is 7.82 Å². The normalized spacial score (nSPS) is 9.96. The number of rotatable bonds is 16. The minimum absolute atomic E-state index is 0. The van der Waals surface area contributed by atoms with Crippen LogP contribution in [0.2, 0.25) is 0 Å². The van der Waals surface area contributed by atoms with Crippen molar-refractivity contribution >= 4 is 7.82 Å². The van der Waals surface area contributed by atoms with Gasteiger partial charge in [-0.05, 0) is 6.42 Å². The second-order valence-electron chi connectivity index (χ2n) is 6.54. The molecule has 0 aromatic carbocycles. The summed E-state index contributed by atoms with van der Waals surface area (Å²) in [6, 6.07) is 0. The third kappa shape index (κ3) is 58.5. The third-order valence-corrected chi connectivity index (χ3v) is 4.01. The van der Waals surface area contributed by atoms with Crippen molar-refractivity contribution in [1.29, 1.82) is 0 Å². The summed E-state index contributed by atoms with van der Waals surface area (Å²) in [6.07, 6.45) is 22.2. The molecular formula is C18H50N3O5P. The largest absolute Gasteiger partial charge is 0.466 e. The Balaban J connectivity index is -0.000000178. The fourth-order valence-electron chi connectivity index (χ4n) is 2.66. The highest BCUT2D eigenvalue weighted by Crippen LogP contribution is 2.25. The number of unbranched alkanes of at least 4 members (excludes halogenated alkanes) is 15. The first-order valence-electron chi connectivity index (χ1n) is 9.81. The van der Waals surface area contributed by atoms with Gasteiger partial charge in [-0.2, -0.15) is 0 Å². The van der Waals surface area contributed by atoms with Crippen LogP contribution in [-0.2, 0) is 4.57 Å². The van der Waals surface area contributed by atoms with E-state index in [4.69, 9.17) is 24.4 Å². The number of hydrogen-bond acceptors (Lipinski definition) is 5. The van der Waals surface area contributed by atoms with Crippen LogP contribution in [0.25, 0.3) is 0 Å². The Kier molecular flexibility index (Phi) is 42.8. The second-order valence-corrected chi connectivity index (χ2v) is 7.57. The van der Waals surface area contributed by atoms with E-state index in [0.29, 0.717) is 6.61 Å². The minimum atomic E-state index is -4.64. The van der Waals surface area contributed by atoms with Gasteiger partial charge in [0.2, 0.25) is 0 Å². The Morgan fingerprint density at radius 2 is 0.704 bits per heavy atom. The van der Waals surface area contributed by atoms with E-state index >= 15 is 0 Å². The average molecular weight is 420 g/mol. The molecule has 0 aliphatic carbocycles. The fraction of sp³-hybridized carbons (Fsp3) is 1.00. The molecule has 0 fully saturated rings.